The number of hydrogen-bond donors (Lipinski definition) is 1. The molecule has 1 N–H and O–H groups in total. The third kappa shape index (κ3) is 2.39. The van der Waals surface area contributed by atoms with E-state index in [-0.39, 0.29) is 0 Å². The highest BCUT2D eigenvalue weighted by Gasteiger charge is 2.39. The first kappa shape index (κ1) is 14.3. The van der Waals surface area contributed by atoms with E-state index < -0.39 is 17.9 Å². The summed E-state index contributed by atoms with van der Waals surface area (Å²) >= 11 is 0. The predicted octanol–water partition coefficient (Wildman–Crippen LogP) is 2.62. The van der Waals surface area contributed by atoms with Crippen LogP contribution >= 0.6 is 0 Å². The molecular formula is C16H22N2O3. The fourth-order valence-corrected chi connectivity index (χ4v) is 3.23. The molecule has 1 aliphatic carbocycles. The van der Waals surface area contributed by atoms with Crippen LogP contribution in [0.4, 0.5) is 4.79 Å². The number of carbonyl (C=O) groups excluding carboxylic acids is 1. The first-order chi connectivity index (χ1) is 9.78. The van der Waals surface area contributed by atoms with E-state index in [1.54, 1.807) is 0 Å². The highest BCUT2D eigenvalue weighted by Crippen LogP contribution is 2.38. The molecule has 1 aliphatic heterocycles. The van der Waals surface area contributed by atoms with Gasteiger partial charge >= 0.3 is 6.09 Å². The van der Waals surface area contributed by atoms with E-state index in [1.807, 2.05) is 27.7 Å². The highest BCUT2D eigenvalue weighted by atomic mass is 16.6. The van der Waals surface area contributed by atoms with Crippen LogP contribution in [0.25, 0.3) is 0 Å². The first-order valence-electron chi connectivity index (χ1n) is 7.47. The van der Waals surface area contributed by atoms with Crippen molar-refractivity contribution in [2.75, 3.05) is 0 Å². The van der Waals surface area contributed by atoms with E-state index in [1.165, 1.54) is 16.0 Å². The molecule has 21 heavy (non-hydrogen) atoms. The maximum atomic E-state index is 12.2. The lowest BCUT2D eigenvalue weighted by atomic mass is 10.0. The number of hydrogen-bond acceptors (Lipinski definition) is 4. The number of aliphatic hydroxyl groups excluding tert-OH is 1. The minimum Gasteiger partial charge on any atom is -0.444 e. The Hall–Kier alpha value is -1.62. The Labute approximate surface area is 124 Å². The van der Waals surface area contributed by atoms with Gasteiger partial charge in [0, 0.05) is 11.3 Å². The Morgan fingerprint density at radius 2 is 1.95 bits per heavy atom. The molecule has 0 fully saturated rings. The number of pyridine rings is 1. The van der Waals surface area contributed by atoms with Gasteiger partial charge in [0.1, 0.15) is 5.60 Å². The molecule has 0 bridgehead atoms. The zero-order chi connectivity index (χ0) is 15.4. The molecule has 0 saturated heterocycles. The van der Waals surface area contributed by atoms with E-state index >= 15 is 0 Å². The normalized spacial score (nSPS) is 20.4. The van der Waals surface area contributed by atoms with Gasteiger partial charge in [-0.1, -0.05) is 0 Å². The molecule has 2 heterocycles. The van der Waals surface area contributed by atoms with Crippen LogP contribution in [0, 0.1) is 6.92 Å². The van der Waals surface area contributed by atoms with Crippen molar-refractivity contribution in [2.24, 2.45) is 0 Å². The second-order valence-corrected chi connectivity index (χ2v) is 6.85. The molecule has 0 aromatic carbocycles. The fraction of sp³-hybridized carbons (Fsp3) is 0.625. The van der Waals surface area contributed by atoms with Crippen molar-refractivity contribution >= 4 is 6.09 Å². The minimum atomic E-state index is -1.00. The van der Waals surface area contributed by atoms with Gasteiger partial charge in [0.2, 0.25) is 0 Å². The summed E-state index contributed by atoms with van der Waals surface area (Å²) in [6.07, 6.45) is 1.69. The molecule has 5 nitrogen and oxygen atoms in total. The third-order valence-corrected chi connectivity index (χ3v) is 4.11. The molecule has 5 heteroatoms. The van der Waals surface area contributed by atoms with Gasteiger partial charge in [-0.2, -0.15) is 0 Å². The van der Waals surface area contributed by atoms with Crippen LogP contribution in [0.1, 0.15) is 61.5 Å². The second-order valence-electron chi connectivity index (χ2n) is 6.85. The van der Waals surface area contributed by atoms with E-state index in [2.05, 4.69) is 4.98 Å². The molecule has 3 rings (SSSR count). The minimum absolute atomic E-state index is 0.390. The first-order valence-corrected chi connectivity index (χ1v) is 7.47. The number of nitrogens with zero attached hydrogens (tertiary/aromatic N) is 2. The molecule has 114 valence electrons. The monoisotopic (exact) mass is 290 g/mol. The number of fused-ring (bicyclic) bond motifs is 3. The van der Waals surface area contributed by atoms with Crippen LogP contribution < -0.4 is 0 Å². The van der Waals surface area contributed by atoms with E-state index in [0.29, 0.717) is 12.2 Å². The third-order valence-electron chi connectivity index (χ3n) is 4.11. The van der Waals surface area contributed by atoms with E-state index in [9.17, 15) is 9.90 Å². The number of aromatic nitrogens is 1. The smallest absolute Gasteiger partial charge is 0.412 e. The molecule has 0 spiro atoms. The number of amides is 1. The number of carbonyl (C=O) groups is 1. The van der Waals surface area contributed by atoms with Crippen molar-refractivity contribution in [3.63, 3.8) is 0 Å². The maximum Gasteiger partial charge on any atom is 0.412 e. The highest BCUT2D eigenvalue weighted by molar-refractivity contribution is 5.70. The molecule has 1 aromatic rings. The zero-order valence-electron chi connectivity index (χ0n) is 13.1. The lowest BCUT2D eigenvalue weighted by Crippen LogP contribution is -2.35. The summed E-state index contributed by atoms with van der Waals surface area (Å²) in [7, 11) is 0. The van der Waals surface area contributed by atoms with Crippen molar-refractivity contribution in [3.8, 4) is 0 Å². The molecule has 1 atom stereocenters. The van der Waals surface area contributed by atoms with Crippen LogP contribution in [0.3, 0.4) is 0 Å². The standard InChI is InChI=1S/C16H22N2O3/c1-9-10-6-5-7-11(10)12-8-18(14(19)13(12)17-9)15(20)21-16(2,3)4/h14,19H,5-8H2,1-4H3. The van der Waals surface area contributed by atoms with Gasteiger partial charge in [-0.25, -0.2) is 4.79 Å². The summed E-state index contributed by atoms with van der Waals surface area (Å²) in [6.45, 7) is 7.83. The zero-order valence-corrected chi connectivity index (χ0v) is 13.1. The Bertz CT molecular complexity index is 605. The molecule has 0 saturated carbocycles. The van der Waals surface area contributed by atoms with E-state index in [0.717, 1.165) is 30.5 Å². The molecule has 1 aromatic heterocycles. The molecule has 0 radical (unpaired) electrons. The van der Waals surface area contributed by atoms with Gasteiger partial charge in [-0.05, 0) is 58.1 Å². The van der Waals surface area contributed by atoms with Crippen molar-refractivity contribution in [1.82, 2.24) is 9.88 Å². The van der Waals surface area contributed by atoms with Gasteiger partial charge in [-0.3, -0.25) is 9.88 Å². The van der Waals surface area contributed by atoms with Gasteiger partial charge in [-0.15, -0.1) is 0 Å². The fourth-order valence-electron chi connectivity index (χ4n) is 3.23. The Kier molecular flexibility index (Phi) is 3.20. The Morgan fingerprint density at radius 3 is 2.62 bits per heavy atom. The summed E-state index contributed by atoms with van der Waals surface area (Å²) in [5.41, 5.74) is 4.63. The van der Waals surface area contributed by atoms with Crippen LogP contribution in [0.15, 0.2) is 0 Å². The topological polar surface area (TPSA) is 62.7 Å². The van der Waals surface area contributed by atoms with Crippen LogP contribution in [0.2, 0.25) is 0 Å². The van der Waals surface area contributed by atoms with Crippen molar-refractivity contribution < 1.29 is 14.6 Å². The molecular weight excluding hydrogens is 268 g/mol. The average Bonchev–Trinajstić information content (AvgIpc) is 2.93. The average molecular weight is 290 g/mol. The van der Waals surface area contributed by atoms with Crippen molar-refractivity contribution in [1.29, 1.82) is 0 Å². The summed E-state index contributed by atoms with van der Waals surface area (Å²) < 4.78 is 5.37. The number of aliphatic hydroxyl groups is 1. The summed E-state index contributed by atoms with van der Waals surface area (Å²) in [5, 5.41) is 10.4. The van der Waals surface area contributed by atoms with Gasteiger partial charge in [0.05, 0.1) is 12.2 Å². The van der Waals surface area contributed by atoms with Crippen LogP contribution in [-0.4, -0.2) is 26.7 Å². The predicted molar refractivity (Wildman–Crippen MR) is 77.7 cm³/mol. The maximum absolute atomic E-state index is 12.2. The van der Waals surface area contributed by atoms with E-state index in [4.69, 9.17) is 4.74 Å². The SMILES string of the molecule is Cc1nc2c(c3c1CCC3)CN(C(=O)OC(C)(C)C)C2O. The summed E-state index contributed by atoms with van der Waals surface area (Å²) in [6, 6.07) is 0. The Balaban J connectivity index is 1.92. The van der Waals surface area contributed by atoms with Gasteiger partial charge in [0.15, 0.2) is 6.23 Å². The lowest BCUT2D eigenvalue weighted by Gasteiger charge is -2.26. The number of rotatable bonds is 0. The van der Waals surface area contributed by atoms with Gasteiger partial charge in [0.25, 0.3) is 0 Å². The summed E-state index contributed by atoms with van der Waals surface area (Å²) in [5.74, 6) is 0. The van der Waals surface area contributed by atoms with Crippen molar-refractivity contribution in [3.05, 3.63) is 28.1 Å². The number of aryl methyl sites for hydroxylation is 1. The summed E-state index contributed by atoms with van der Waals surface area (Å²) in [4.78, 5) is 18.1. The molecule has 1 unspecified atom stereocenters. The van der Waals surface area contributed by atoms with Crippen LogP contribution in [0.5, 0.6) is 0 Å². The van der Waals surface area contributed by atoms with Gasteiger partial charge < -0.3 is 9.84 Å². The quantitative estimate of drug-likeness (QED) is 0.798. The largest absolute Gasteiger partial charge is 0.444 e. The second kappa shape index (κ2) is 4.70. The van der Waals surface area contributed by atoms with Crippen molar-refractivity contribution in [2.45, 2.75) is 65.3 Å². The molecule has 2 aliphatic rings. The van der Waals surface area contributed by atoms with Crippen LogP contribution in [-0.2, 0) is 24.1 Å². The Morgan fingerprint density at radius 1 is 1.29 bits per heavy atom. The molecule has 1 amide bonds. The number of ether oxygens (including phenoxy) is 1. The lowest BCUT2D eigenvalue weighted by molar-refractivity contribution is -0.0269.